The highest BCUT2D eigenvalue weighted by molar-refractivity contribution is 9.10. The molecule has 0 spiro atoms. The van der Waals surface area contributed by atoms with E-state index in [1.165, 1.54) is 6.07 Å². The molecule has 0 unspecified atom stereocenters. The van der Waals surface area contributed by atoms with Gasteiger partial charge in [0.25, 0.3) is 0 Å². The van der Waals surface area contributed by atoms with Crippen molar-refractivity contribution in [2.45, 2.75) is 0 Å². The van der Waals surface area contributed by atoms with E-state index in [2.05, 4.69) is 20.9 Å². The van der Waals surface area contributed by atoms with Gasteiger partial charge in [0.15, 0.2) is 5.78 Å². The maximum Gasteiger partial charge on any atom is 0.198 e. The zero-order chi connectivity index (χ0) is 13.4. The Kier molecular flexibility index (Phi) is 2.95. The number of carbonyl (C=O) groups excluding carboxylic acids is 1. The number of H-pyrrole nitrogens is 1. The summed E-state index contributed by atoms with van der Waals surface area (Å²) in [5.41, 5.74) is 1.41. The molecule has 3 rings (SSSR count). The van der Waals surface area contributed by atoms with Gasteiger partial charge in [-0.3, -0.25) is 4.79 Å². The average Bonchev–Trinajstić information content (AvgIpc) is 2.85. The summed E-state index contributed by atoms with van der Waals surface area (Å²) in [5, 5.41) is 0.798. The first-order chi connectivity index (χ1) is 9.18. The van der Waals surface area contributed by atoms with E-state index in [1.807, 2.05) is 24.3 Å². The Balaban J connectivity index is 2.17. The van der Waals surface area contributed by atoms with E-state index >= 15 is 0 Å². The molecule has 0 atom stereocenters. The van der Waals surface area contributed by atoms with Crippen LogP contribution in [0.15, 0.2) is 53.1 Å². The number of halogens is 2. The number of para-hydroxylation sites is 1. The molecule has 0 aliphatic carbocycles. The summed E-state index contributed by atoms with van der Waals surface area (Å²) in [6.45, 7) is 0. The molecule has 2 nitrogen and oxygen atoms in total. The van der Waals surface area contributed by atoms with Crippen molar-refractivity contribution in [3.05, 3.63) is 70.1 Å². The second kappa shape index (κ2) is 4.63. The highest BCUT2D eigenvalue weighted by Gasteiger charge is 2.18. The van der Waals surface area contributed by atoms with Crippen LogP contribution in [0.25, 0.3) is 10.9 Å². The summed E-state index contributed by atoms with van der Waals surface area (Å²) in [7, 11) is 0. The molecular formula is C15H9BrFNO. The van der Waals surface area contributed by atoms with Crippen molar-refractivity contribution >= 4 is 32.6 Å². The first kappa shape index (κ1) is 12.1. The fraction of sp³-hybridized carbons (Fsp3) is 0. The standard InChI is InChI=1S/C15H9BrFNO/c16-12-6-3-5-10(14(12)17)15(19)11-8-18-13-7-2-1-4-9(11)13/h1-8,18H. The van der Waals surface area contributed by atoms with Crippen LogP contribution >= 0.6 is 15.9 Å². The summed E-state index contributed by atoms with van der Waals surface area (Å²) >= 11 is 3.09. The minimum atomic E-state index is -0.530. The van der Waals surface area contributed by atoms with E-state index in [0.29, 0.717) is 5.56 Å². The van der Waals surface area contributed by atoms with E-state index in [9.17, 15) is 9.18 Å². The van der Waals surface area contributed by atoms with Gasteiger partial charge in [-0.05, 0) is 34.1 Å². The zero-order valence-electron chi connectivity index (χ0n) is 9.78. The molecule has 1 aromatic heterocycles. The highest BCUT2D eigenvalue weighted by Crippen LogP contribution is 2.25. The van der Waals surface area contributed by atoms with Gasteiger partial charge in [0, 0.05) is 22.7 Å². The maximum absolute atomic E-state index is 14.0. The summed E-state index contributed by atoms with van der Waals surface area (Å²) in [4.78, 5) is 15.4. The first-order valence-electron chi connectivity index (χ1n) is 5.73. The van der Waals surface area contributed by atoms with Gasteiger partial charge >= 0.3 is 0 Å². The summed E-state index contributed by atoms with van der Waals surface area (Å²) in [5.74, 6) is -0.853. The van der Waals surface area contributed by atoms with Crippen LogP contribution in [0.4, 0.5) is 4.39 Å². The number of fused-ring (bicyclic) bond motifs is 1. The lowest BCUT2D eigenvalue weighted by atomic mass is 10.0. The summed E-state index contributed by atoms with van der Waals surface area (Å²) < 4.78 is 14.3. The molecule has 3 aromatic rings. The van der Waals surface area contributed by atoms with Crippen LogP contribution in [0.2, 0.25) is 0 Å². The lowest BCUT2D eigenvalue weighted by Crippen LogP contribution is -2.03. The van der Waals surface area contributed by atoms with E-state index in [1.54, 1.807) is 18.3 Å². The van der Waals surface area contributed by atoms with Gasteiger partial charge in [-0.2, -0.15) is 0 Å². The quantitative estimate of drug-likeness (QED) is 0.702. The van der Waals surface area contributed by atoms with Gasteiger partial charge in [-0.1, -0.05) is 24.3 Å². The lowest BCUT2D eigenvalue weighted by Gasteiger charge is -2.03. The van der Waals surface area contributed by atoms with E-state index in [0.717, 1.165) is 10.9 Å². The van der Waals surface area contributed by atoms with Crippen LogP contribution in [-0.4, -0.2) is 10.8 Å². The third kappa shape index (κ3) is 1.98. The molecule has 1 heterocycles. The van der Waals surface area contributed by atoms with Crippen LogP contribution in [0, 0.1) is 5.82 Å². The largest absolute Gasteiger partial charge is 0.360 e. The van der Waals surface area contributed by atoms with Crippen molar-refractivity contribution in [3.63, 3.8) is 0 Å². The third-order valence-electron chi connectivity index (χ3n) is 3.03. The number of rotatable bonds is 2. The van der Waals surface area contributed by atoms with Gasteiger partial charge in [0.2, 0.25) is 0 Å². The predicted octanol–water partition coefficient (Wildman–Crippen LogP) is 4.30. The Bertz CT molecular complexity index is 779. The summed E-state index contributed by atoms with van der Waals surface area (Å²) in [6.07, 6.45) is 1.62. The second-order valence-corrected chi connectivity index (χ2v) is 5.03. The molecule has 19 heavy (non-hydrogen) atoms. The molecule has 0 radical (unpaired) electrons. The minimum Gasteiger partial charge on any atom is -0.360 e. The lowest BCUT2D eigenvalue weighted by molar-refractivity contribution is 0.103. The number of benzene rings is 2. The van der Waals surface area contributed by atoms with Crippen molar-refractivity contribution in [2.24, 2.45) is 0 Å². The van der Waals surface area contributed by atoms with Crippen molar-refractivity contribution in [1.82, 2.24) is 4.98 Å². The van der Waals surface area contributed by atoms with Crippen molar-refractivity contribution < 1.29 is 9.18 Å². The Morgan fingerprint density at radius 3 is 2.68 bits per heavy atom. The van der Waals surface area contributed by atoms with Crippen molar-refractivity contribution in [1.29, 1.82) is 0 Å². The summed E-state index contributed by atoms with van der Waals surface area (Å²) in [6, 6.07) is 12.2. The molecule has 0 aliphatic heterocycles. The third-order valence-corrected chi connectivity index (χ3v) is 3.64. The maximum atomic E-state index is 14.0. The van der Waals surface area contributed by atoms with Crippen LogP contribution in [0.5, 0.6) is 0 Å². The molecule has 2 aromatic carbocycles. The Morgan fingerprint density at radius 2 is 1.84 bits per heavy atom. The fourth-order valence-electron chi connectivity index (χ4n) is 2.08. The van der Waals surface area contributed by atoms with Crippen molar-refractivity contribution in [2.75, 3.05) is 0 Å². The molecule has 0 bridgehead atoms. The van der Waals surface area contributed by atoms with E-state index in [-0.39, 0.29) is 15.8 Å². The molecular weight excluding hydrogens is 309 g/mol. The molecule has 0 saturated carbocycles. The van der Waals surface area contributed by atoms with E-state index < -0.39 is 5.82 Å². The minimum absolute atomic E-state index is 0.0686. The topological polar surface area (TPSA) is 32.9 Å². The number of nitrogens with one attached hydrogen (secondary N) is 1. The Morgan fingerprint density at radius 1 is 1.05 bits per heavy atom. The van der Waals surface area contributed by atoms with E-state index in [4.69, 9.17) is 0 Å². The van der Waals surface area contributed by atoms with Gasteiger partial charge in [0.1, 0.15) is 5.82 Å². The monoisotopic (exact) mass is 317 g/mol. The molecule has 1 N–H and O–H groups in total. The van der Waals surface area contributed by atoms with Gasteiger partial charge in [-0.25, -0.2) is 4.39 Å². The van der Waals surface area contributed by atoms with Crippen LogP contribution in [0.3, 0.4) is 0 Å². The van der Waals surface area contributed by atoms with Crippen LogP contribution in [-0.2, 0) is 0 Å². The second-order valence-electron chi connectivity index (χ2n) is 4.18. The smallest absolute Gasteiger partial charge is 0.198 e. The fourth-order valence-corrected chi connectivity index (χ4v) is 2.45. The Labute approximate surface area is 117 Å². The SMILES string of the molecule is O=C(c1cccc(Br)c1F)c1c[nH]c2ccccc12. The van der Waals surface area contributed by atoms with Gasteiger partial charge in [0.05, 0.1) is 10.0 Å². The number of hydrogen-bond donors (Lipinski definition) is 1. The molecule has 0 saturated heterocycles. The molecule has 0 aliphatic rings. The van der Waals surface area contributed by atoms with Gasteiger partial charge in [-0.15, -0.1) is 0 Å². The Hall–Kier alpha value is -1.94. The number of aromatic amines is 1. The molecule has 0 amide bonds. The molecule has 94 valence electrons. The normalized spacial score (nSPS) is 10.8. The number of aromatic nitrogens is 1. The highest BCUT2D eigenvalue weighted by atomic mass is 79.9. The number of carbonyl (C=O) groups is 1. The number of ketones is 1. The average molecular weight is 318 g/mol. The predicted molar refractivity (Wildman–Crippen MR) is 75.8 cm³/mol. The van der Waals surface area contributed by atoms with Crippen molar-refractivity contribution in [3.8, 4) is 0 Å². The van der Waals surface area contributed by atoms with Crippen LogP contribution in [0.1, 0.15) is 15.9 Å². The van der Waals surface area contributed by atoms with Gasteiger partial charge < -0.3 is 4.98 Å². The first-order valence-corrected chi connectivity index (χ1v) is 6.52. The van der Waals surface area contributed by atoms with Crippen LogP contribution < -0.4 is 0 Å². The molecule has 4 heteroatoms. The molecule has 0 fully saturated rings. The number of hydrogen-bond acceptors (Lipinski definition) is 1. The zero-order valence-corrected chi connectivity index (χ0v) is 11.4.